The van der Waals surface area contributed by atoms with Gasteiger partial charge in [-0.15, -0.1) is 11.3 Å². The topological polar surface area (TPSA) is 119 Å². The van der Waals surface area contributed by atoms with Crippen molar-refractivity contribution in [3.8, 4) is 11.4 Å². The smallest absolute Gasteiger partial charge is 0.295 e. The molecular formula is C25H25N5O4S. The van der Waals surface area contributed by atoms with Crippen LogP contribution in [0.2, 0.25) is 0 Å². The molecule has 2 aromatic heterocycles. The number of thiophene rings is 1. The number of carbonyl (C=O) groups is 1. The molecule has 0 fully saturated rings. The lowest BCUT2D eigenvalue weighted by molar-refractivity contribution is 0.0824. The molecule has 0 radical (unpaired) electrons. The first-order chi connectivity index (χ1) is 16.8. The summed E-state index contributed by atoms with van der Waals surface area (Å²) in [6.07, 6.45) is 0. The zero-order valence-corrected chi connectivity index (χ0v) is 20.2. The van der Waals surface area contributed by atoms with E-state index in [-0.39, 0.29) is 34.4 Å². The van der Waals surface area contributed by atoms with Crippen LogP contribution in [0, 0.1) is 0 Å². The highest BCUT2D eigenvalue weighted by atomic mass is 32.1. The number of phenols is 1. The van der Waals surface area contributed by atoms with Crippen molar-refractivity contribution in [2.75, 3.05) is 24.7 Å². The standard InChI is InChI=1S/C25H25N5O4S/c1-15(19-13-8-14-35-19)26-20-21(25(34)30(28-23(20)32)16-9-5-4-6-10-16)27-18-12-7-11-17(22(18)31)24(33)29(2)3/h4-15,26-27,31H,1-3H3,(H,28,32). The predicted molar refractivity (Wildman–Crippen MR) is 138 cm³/mol. The molecule has 4 rings (SSSR count). The molecule has 1 atom stereocenters. The number of nitrogens with zero attached hydrogens (tertiary/aromatic N) is 2. The van der Waals surface area contributed by atoms with Gasteiger partial charge in [0.25, 0.3) is 17.0 Å². The van der Waals surface area contributed by atoms with Crippen LogP contribution in [-0.2, 0) is 0 Å². The van der Waals surface area contributed by atoms with E-state index in [1.165, 1.54) is 28.4 Å². The number of carbonyl (C=O) groups excluding carboxylic acids is 1. The number of anilines is 3. The monoisotopic (exact) mass is 491 g/mol. The molecule has 2 aromatic carbocycles. The molecule has 0 aliphatic rings. The van der Waals surface area contributed by atoms with Crippen molar-refractivity contribution >= 4 is 34.3 Å². The Morgan fingerprint density at radius 3 is 2.43 bits per heavy atom. The van der Waals surface area contributed by atoms with Crippen molar-refractivity contribution in [3.63, 3.8) is 0 Å². The first-order valence-corrected chi connectivity index (χ1v) is 11.7. The van der Waals surface area contributed by atoms with Crippen LogP contribution >= 0.6 is 11.3 Å². The van der Waals surface area contributed by atoms with Crippen molar-refractivity contribution < 1.29 is 9.90 Å². The molecule has 4 aromatic rings. The Labute approximate surface area is 205 Å². The maximum atomic E-state index is 13.6. The first kappa shape index (κ1) is 23.8. The van der Waals surface area contributed by atoms with Crippen LogP contribution in [0.1, 0.15) is 28.2 Å². The zero-order chi connectivity index (χ0) is 25.1. The third kappa shape index (κ3) is 4.82. The summed E-state index contributed by atoms with van der Waals surface area (Å²) in [7, 11) is 3.15. The maximum absolute atomic E-state index is 13.6. The van der Waals surface area contributed by atoms with E-state index in [0.717, 1.165) is 9.56 Å². The average molecular weight is 492 g/mol. The minimum absolute atomic E-state index is 0.0202. The van der Waals surface area contributed by atoms with Gasteiger partial charge in [-0.2, -0.15) is 0 Å². The van der Waals surface area contributed by atoms with Crippen LogP contribution in [0.25, 0.3) is 5.69 Å². The number of rotatable bonds is 7. The van der Waals surface area contributed by atoms with E-state index in [2.05, 4.69) is 15.7 Å². The van der Waals surface area contributed by atoms with Gasteiger partial charge in [0.15, 0.2) is 5.75 Å². The lowest BCUT2D eigenvalue weighted by atomic mass is 10.1. The highest BCUT2D eigenvalue weighted by molar-refractivity contribution is 7.10. The van der Waals surface area contributed by atoms with Gasteiger partial charge >= 0.3 is 0 Å². The van der Waals surface area contributed by atoms with Crippen LogP contribution in [-0.4, -0.2) is 39.8 Å². The number of hydrogen-bond acceptors (Lipinski definition) is 7. The van der Waals surface area contributed by atoms with Gasteiger partial charge in [-0.25, -0.2) is 4.68 Å². The summed E-state index contributed by atoms with van der Waals surface area (Å²) in [4.78, 5) is 41.6. The summed E-state index contributed by atoms with van der Waals surface area (Å²) in [5, 5.41) is 21.4. The van der Waals surface area contributed by atoms with Crippen LogP contribution in [0.3, 0.4) is 0 Å². The van der Waals surface area contributed by atoms with Crippen LogP contribution in [0.5, 0.6) is 5.75 Å². The molecular weight excluding hydrogens is 466 g/mol. The zero-order valence-electron chi connectivity index (χ0n) is 19.4. The number of nitrogens with one attached hydrogen (secondary N) is 3. The second-order valence-corrected chi connectivity index (χ2v) is 9.05. The fourth-order valence-electron chi connectivity index (χ4n) is 3.57. The number of aromatic nitrogens is 2. The Morgan fingerprint density at radius 2 is 1.77 bits per heavy atom. The van der Waals surface area contributed by atoms with Crippen molar-refractivity contribution in [1.82, 2.24) is 14.7 Å². The minimum Gasteiger partial charge on any atom is -0.505 e. The molecule has 9 nitrogen and oxygen atoms in total. The molecule has 10 heteroatoms. The Bertz CT molecular complexity index is 1460. The van der Waals surface area contributed by atoms with E-state index in [0.29, 0.717) is 5.69 Å². The van der Waals surface area contributed by atoms with Gasteiger partial charge in [0, 0.05) is 19.0 Å². The van der Waals surface area contributed by atoms with Crippen molar-refractivity contribution in [1.29, 1.82) is 0 Å². The average Bonchev–Trinajstić information content (AvgIpc) is 3.39. The number of aromatic hydroxyl groups is 1. The van der Waals surface area contributed by atoms with Crippen molar-refractivity contribution in [2.45, 2.75) is 13.0 Å². The number of benzene rings is 2. The van der Waals surface area contributed by atoms with E-state index in [1.54, 1.807) is 50.5 Å². The third-order valence-electron chi connectivity index (χ3n) is 5.38. The van der Waals surface area contributed by atoms with Crippen molar-refractivity contribution in [2.24, 2.45) is 0 Å². The molecule has 0 spiro atoms. The van der Waals surface area contributed by atoms with Gasteiger partial charge in [-0.1, -0.05) is 30.3 Å². The summed E-state index contributed by atoms with van der Waals surface area (Å²) < 4.78 is 1.14. The van der Waals surface area contributed by atoms with Gasteiger partial charge in [-0.05, 0) is 42.6 Å². The maximum Gasteiger partial charge on any atom is 0.295 e. The quantitative estimate of drug-likeness (QED) is 0.291. The predicted octanol–water partition coefficient (Wildman–Crippen LogP) is 3.91. The van der Waals surface area contributed by atoms with Gasteiger partial charge in [0.05, 0.1) is 23.0 Å². The Kier molecular flexibility index (Phi) is 6.74. The lowest BCUT2D eigenvalue weighted by Crippen LogP contribution is -2.33. The number of amides is 1. The molecule has 1 unspecified atom stereocenters. The number of para-hydroxylation sites is 2. The van der Waals surface area contributed by atoms with E-state index in [9.17, 15) is 19.5 Å². The SMILES string of the molecule is CC(Nc1c(Nc2cccc(C(=O)N(C)C)c2O)c(=O)n(-c2ccccc2)[nH]c1=O)c1cccs1. The summed E-state index contributed by atoms with van der Waals surface area (Å²) in [5.41, 5.74) is -0.463. The summed E-state index contributed by atoms with van der Waals surface area (Å²) in [6, 6.07) is 16.9. The highest BCUT2D eigenvalue weighted by Crippen LogP contribution is 2.32. The van der Waals surface area contributed by atoms with E-state index in [1.807, 2.05) is 24.4 Å². The number of aromatic amines is 1. The molecule has 0 saturated carbocycles. The normalized spacial score (nSPS) is 11.6. The van der Waals surface area contributed by atoms with E-state index in [4.69, 9.17) is 0 Å². The number of phenolic OH excluding ortho intramolecular Hbond substituents is 1. The second kappa shape index (κ2) is 9.90. The second-order valence-electron chi connectivity index (χ2n) is 8.07. The van der Waals surface area contributed by atoms with Gasteiger partial charge < -0.3 is 20.6 Å². The molecule has 1 amide bonds. The van der Waals surface area contributed by atoms with E-state index < -0.39 is 17.0 Å². The van der Waals surface area contributed by atoms with E-state index >= 15 is 0 Å². The molecule has 4 N–H and O–H groups in total. The summed E-state index contributed by atoms with van der Waals surface area (Å²) in [6.45, 7) is 1.88. The largest absolute Gasteiger partial charge is 0.505 e. The number of H-pyrrole nitrogens is 1. The van der Waals surface area contributed by atoms with Crippen molar-refractivity contribution in [3.05, 3.63) is 97.2 Å². The fraction of sp³-hybridized carbons (Fsp3) is 0.160. The van der Waals surface area contributed by atoms with Crippen LogP contribution in [0.4, 0.5) is 17.1 Å². The fourth-order valence-corrected chi connectivity index (χ4v) is 4.31. The molecule has 0 bridgehead atoms. The summed E-state index contributed by atoms with van der Waals surface area (Å²) in [5.74, 6) is -0.724. The first-order valence-electron chi connectivity index (χ1n) is 10.8. The van der Waals surface area contributed by atoms with Gasteiger partial charge in [-0.3, -0.25) is 19.5 Å². The Morgan fingerprint density at radius 1 is 1.03 bits per heavy atom. The molecule has 35 heavy (non-hydrogen) atoms. The molecule has 0 aliphatic carbocycles. The molecule has 180 valence electrons. The molecule has 0 saturated heterocycles. The summed E-state index contributed by atoms with van der Waals surface area (Å²) >= 11 is 1.52. The van der Waals surface area contributed by atoms with Crippen LogP contribution in [0.15, 0.2) is 75.6 Å². The molecule has 0 aliphatic heterocycles. The minimum atomic E-state index is -0.541. The van der Waals surface area contributed by atoms with Crippen LogP contribution < -0.4 is 21.8 Å². The van der Waals surface area contributed by atoms with Gasteiger partial charge in [0.1, 0.15) is 11.4 Å². The lowest BCUT2D eigenvalue weighted by Gasteiger charge is -2.19. The number of hydrogen-bond donors (Lipinski definition) is 4. The Balaban J connectivity index is 1.86. The highest BCUT2D eigenvalue weighted by Gasteiger charge is 2.22. The Hall–Kier alpha value is -4.31. The third-order valence-corrected chi connectivity index (χ3v) is 6.44. The molecule has 2 heterocycles. The van der Waals surface area contributed by atoms with Gasteiger partial charge in [0.2, 0.25) is 0 Å².